The van der Waals surface area contributed by atoms with Crippen LogP contribution in [0, 0.1) is 5.82 Å². The molecule has 0 saturated carbocycles. The van der Waals surface area contributed by atoms with Crippen LogP contribution in [0.3, 0.4) is 0 Å². The monoisotopic (exact) mass is 369 g/mol. The number of rotatable bonds is 2. The third-order valence-corrected chi connectivity index (χ3v) is 5.92. The average Bonchev–Trinajstić information content (AvgIpc) is 2.77. The molecule has 2 aromatic rings. The van der Waals surface area contributed by atoms with E-state index in [1.54, 1.807) is 6.07 Å². The average molecular weight is 370 g/mol. The molecular formula is C14H9BrFNO3S. The van der Waals surface area contributed by atoms with E-state index in [1.165, 1.54) is 18.2 Å². The highest BCUT2D eigenvalue weighted by molar-refractivity contribution is 9.10. The number of carbonyl (C=O) groups is 1. The summed E-state index contributed by atoms with van der Waals surface area (Å²) in [6, 6.07) is 7.66. The molecule has 0 atom stereocenters. The number of benzene rings is 2. The van der Waals surface area contributed by atoms with Crippen molar-refractivity contribution >= 4 is 37.4 Å². The SMILES string of the molecule is O=C1Cc2cc(S(=O)(=O)c3ccc(F)cc3)c(Br)cc2N1. The molecule has 108 valence electrons. The Hall–Kier alpha value is -1.73. The fourth-order valence-corrected chi connectivity index (χ4v) is 4.52. The van der Waals surface area contributed by atoms with Gasteiger partial charge in [-0.15, -0.1) is 0 Å². The summed E-state index contributed by atoms with van der Waals surface area (Å²) in [5.41, 5.74) is 1.23. The number of carbonyl (C=O) groups excluding carboxylic acids is 1. The number of hydrogen-bond acceptors (Lipinski definition) is 3. The number of halogens is 2. The Labute approximate surface area is 129 Å². The molecule has 0 bridgehead atoms. The zero-order valence-electron chi connectivity index (χ0n) is 10.6. The molecule has 1 aliphatic heterocycles. The van der Waals surface area contributed by atoms with Crippen molar-refractivity contribution in [3.8, 4) is 0 Å². The third-order valence-electron chi connectivity index (χ3n) is 3.20. The zero-order valence-corrected chi connectivity index (χ0v) is 13.0. The first-order valence-corrected chi connectivity index (χ1v) is 8.28. The first-order chi connectivity index (χ1) is 9.88. The summed E-state index contributed by atoms with van der Waals surface area (Å²) < 4.78 is 38.5. The van der Waals surface area contributed by atoms with Crippen molar-refractivity contribution in [3.05, 3.63) is 52.3 Å². The largest absolute Gasteiger partial charge is 0.325 e. The lowest BCUT2D eigenvalue weighted by atomic mass is 10.2. The summed E-state index contributed by atoms with van der Waals surface area (Å²) in [6.45, 7) is 0. The second-order valence-corrected chi connectivity index (χ2v) is 7.39. The number of nitrogens with one attached hydrogen (secondary N) is 1. The standard InChI is InChI=1S/C14H9BrFNO3S/c15-11-7-12-8(6-14(18)17-12)5-13(11)21(19,20)10-3-1-9(16)2-4-10/h1-5,7H,6H2,(H,17,18). The minimum Gasteiger partial charge on any atom is -0.325 e. The van der Waals surface area contributed by atoms with Gasteiger partial charge in [0.2, 0.25) is 15.7 Å². The molecule has 0 aliphatic carbocycles. The van der Waals surface area contributed by atoms with Gasteiger partial charge in [-0.3, -0.25) is 4.79 Å². The van der Waals surface area contributed by atoms with E-state index in [-0.39, 0.29) is 22.1 Å². The summed E-state index contributed by atoms with van der Waals surface area (Å²) in [4.78, 5) is 11.4. The molecule has 0 radical (unpaired) electrons. The minimum absolute atomic E-state index is 0.00170. The van der Waals surface area contributed by atoms with Crippen LogP contribution in [0.25, 0.3) is 0 Å². The van der Waals surface area contributed by atoms with E-state index in [0.717, 1.165) is 12.1 Å². The van der Waals surface area contributed by atoms with Crippen LogP contribution in [0.1, 0.15) is 5.56 Å². The fourth-order valence-electron chi connectivity index (χ4n) is 2.17. The lowest BCUT2D eigenvalue weighted by molar-refractivity contribution is -0.115. The Morgan fingerprint density at radius 1 is 1.14 bits per heavy atom. The number of amides is 1. The Bertz CT molecular complexity index is 847. The van der Waals surface area contributed by atoms with Crippen LogP contribution >= 0.6 is 15.9 Å². The fraction of sp³-hybridized carbons (Fsp3) is 0.0714. The molecule has 0 aromatic heterocycles. The highest BCUT2D eigenvalue weighted by Gasteiger charge is 2.26. The molecule has 1 amide bonds. The smallest absolute Gasteiger partial charge is 0.228 e. The second-order valence-electron chi connectivity index (χ2n) is 4.62. The molecule has 0 saturated heterocycles. The van der Waals surface area contributed by atoms with Crippen molar-refractivity contribution in [1.29, 1.82) is 0 Å². The first-order valence-electron chi connectivity index (χ1n) is 6.01. The van der Waals surface area contributed by atoms with Gasteiger partial charge >= 0.3 is 0 Å². The number of sulfone groups is 1. The molecule has 2 aromatic carbocycles. The number of fused-ring (bicyclic) bond motifs is 1. The third kappa shape index (κ3) is 2.47. The molecule has 3 rings (SSSR count). The van der Waals surface area contributed by atoms with Gasteiger partial charge < -0.3 is 5.32 Å². The maximum Gasteiger partial charge on any atom is 0.228 e. The predicted molar refractivity (Wildman–Crippen MR) is 78.3 cm³/mol. The van der Waals surface area contributed by atoms with Crippen LogP contribution in [0.4, 0.5) is 10.1 Å². The molecule has 7 heteroatoms. The molecular weight excluding hydrogens is 361 g/mol. The van der Waals surface area contributed by atoms with Crippen molar-refractivity contribution in [1.82, 2.24) is 0 Å². The molecule has 1 aliphatic rings. The normalized spacial score (nSPS) is 13.9. The number of anilines is 1. The van der Waals surface area contributed by atoms with E-state index in [2.05, 4.69) is 21.2 Å². The molecule has 0 fully saturated rings. The highest BCUT2D eigenvalue weighted by Crippen LogP contribution is 2.35. The van der Waals surface area contributed by atoms with E-state index in [1.807, 2.05) is 0 Å². The van der Waals surface area contributed by atoms with Crippen LogP contribution in [-0.2, 0) is 21.1 Å². The Balaban J connectivity index is 2.14. The maximum atomic E-state index is 12.9. The lowest BCUT2D eigenvalue weighted by Gasteiger charge is -2.09. The summed E-state index contributed by atoms with van der Waals surface area (Å²) in [5, 5.41) is 2.65. The van der Waals surface area contributed by atoms with Crippen molar-refractivity contribution in [3.63, 3.8) is 0 Å². The summed E-state index contributed by atoms with van der Waals surface area (Å²) in [7, 11) is -3.78. The van der Waals surface area contributed by atoms with Crippen molar-refractivity contribution in [2.45, 2.75) is 16.2 Å². The van der Waals surface area contributed by atoms with Gasteiger partial charge in [-0.1, -0.05) is 0 Å². The Kier molecular flexibility index (Phi) is 3.33. The summed E-state index contributed by atoms with van der Waals surface area (Å²) in [6.07, 6.45) is 0.147. The van der Waals surface area contributed by atoms with Gasteiger partial charge in [0.25, 0.3) is 0 Å². The number of hydrogen-bond donors (Lipinski definition) is 1. The quantitative estimate of drug-likeness (QED) is 0.827. The van der Waals surface area contributed by atoms with Gasteiger partial charge in [-0.2, -0.15) is 0 Å². The van der Waals surface area contributed by atoms with Gasteiger partial charge in [-0.25, -0.2) is 12.8 Å². The van der Waals surface area contributed by atoms with Crippen LogP contribution in [0.2, 0.25) is 0 Å². The van der Waals surface area contributed by atoms with Gasteiger partial charge in [0.15, 0.2) is 0 Å². The second kappa shape index (κ2) is 4.92. The van der Waals surface area contributed by atoms with Crippen molar-refractivity contribution in [2.75, 3.05) is 5.32 Å². The minimum atomic E-state index is -3.78. The Morgan fingerprint density at radius 3 is 2.48 bits per heavy atom. The maximum absolute atomic E-state index is 12.9. The van der Waals surface area contributed by atoms with Gasteiger partial charge in [-0.05, 0) is 57.9 Å². The van der Waals surface area contributed by atoms with Gasteiger partial charge in [0.05, 0.1) is 16.2 Å². The molecule has 4 nitrogen and oxygen atoms in total. The summed E-state index contributed by atoms with van der Waals surface area (Å²) >= 11 is 3.21. The van der Waals surface area contributed by atoms with E-state index in [9.17, 15) is 17.6 Å². The van der Waals surface area contributed by atoms with E-state index < -0.39 is 15.7 Å². The van der Waals surface area contributed by atoms with E-state index in [0.29, 0.717) is 15.7 Å². The Morgan fingerprint density at radius 2 is 1.81 bits per heavy atom. The van der Waals surface area contributed by atoms with Crippen LogP contribution in [0.15, 0.2) is 50.7 Å². The topological polar surface area (TPSA) is 63.2 Å². The molecule has 1 heterocycles. The predicted octanol–water partition coefficient (Wildman–Crippen LogP) is 2.92. The van der Waals surface area contributed by atoms with Crippen molar-refractivity contribution < 1.29 is 17.6 Å². The molecule has 1 N–H and O–H groups in total. The van der Waals surface area contributed by atoms with Crippen LogP contribution < -0.4 is 5.32 Å². The molecule has 0 spiro atoms. The van der Waals surface area contributed by atoms with E-state index in [4.69, 9.17) is 0 Å². The first kappa shape index (κ1) is 14.2. The van der Waals surface area contributed by atoms with Crippen LogP contribution in [0.5, 0.6) is 0 Å². The van der Waals surface area contributed by atoms with Crippen molar-refractivity contribution in [2.24, 2.45) is 0 Å². The molecule has 21 heavy (non-hydrogen) atoms. The molecule has 0 unspecified atom stereocenters. The van der Waals surface area contributed by atoms with Crippen LogP contribution in [-0.4, -0.2) is 14.3 Å². The highest BCUT2D eigenvalue weighted by atomic mass is 79.9. The van der Waals surface area contributed by atoms with Gasteiger partial charge in [0, 0.05) is 10.2 Å². The lowest BCUT2D eigenvalue weighted by Crippen LogP contribution is -2.04. The zero-order chi connectivity index (χ0) is 15.2. The van der Waals surface area contributed by atoms with Gasteiger partial charge in [0.1, 0.15) is 5.82 Å². The summed E-state index contributed by atoms with van der Waals surface area (Å²) in [5.74, 6) is -0.676. The van der Waals surface area contributed by atoms with E-state index >= 15 is 0 Å².